The number of hydrogen-bond donors (Lipinski definition) is 3. The lowest BCUT2D eigenvalue weighted by Gasteiger charge is -2.13. The molecular weight excluding hydrogens is 288 g/mol. The third-order valence-electron chi connectivity index (χ3n) is 2.42. The van der Waals surface area contributed by atoms with Gasteiger partial charge in [0, 0.05) is 13.7 Å². The summed E-state index contributed by atoms with van der Waals surface area (Å²) in [7, 11) is -2.09. The zero-order valence-corrected chi connectivity index (χ0v) is 12.5. The summed E-state index contributed by atoms with van der Waals surface area (Å²) in [4.78, 5) is 22.3. The summed E-state index contributed by atoms with van der Waals surface area (Å²) in [5.41, 5.74) is 0. The topological polar surface area (TPSA) is 122 Å². The molecule has 0 rings (SSSR count). The Labute approximate surface area is 118 Å². The molecule has 0 radical (unpaired) electrons. The highest BCUT2D eigenvalue weighted by Gasteiger charge is 2.19. The fourth-order valence-electron chi connectivity index (χ4n) is 1.43. The summed E-state index contributed by atoms with van der Waals surface area (Å²) in [5, 5.41) is 11.1. The van der Waals surface area contributed by atoms with Crippen LogP contribution in [0.25, 0.3) is 0 Å². The molecule has 0 aromatic rings. The Morgan fingerprint density at radius 3 is 2.50 bits per heavy atom. The van der Waals surface area contributed by atoms with Crippen LogP contribution in [0.4, 0.5) is 0 Å². The van der Waals surface area contributed by atoms with E-state index in [0.29, 0.717) is 25.9 Å². The number of carboxylic acids is 1. The van der Waals surface area contributed by atoms with Crippen molar-refractivity contribution in [2.24, 2.45) is 0 Å². The maximum absolute atomic E-state index is 11.5. The lowest BCUT2D eigenvalue weighted by molar-refractivity contribution is -0.141. The standard InChI is InChI=1S/C11H22N2O6S/c1-3-5-9(11(15)16)13-10(14)8-12-20(17,18)7-4-6-19-2/h9,12H,3-8H2,1-2H3,(H,13,14)(H,15,16). The monoisotopic (exact) mass is 310 g/mol. The molecule has 0 fully saturated rings. The molecular formula is C11H22N2O6S. The van der Waals surface area contributed by atoms with E-state index >= 15 is 0 Å². The van der Waals surface area contributed by atoms with Gasteiger partial charge in [0.25, 0.3) is 0 Å². The van der Waals surface area contributed by atoms with E-state index < -0.39 is 34.5 Å². The average Bonchev–Trinajstić information content (AvgIpc) is 2.36. The number of carboxylic acid groups (broad SMARTS) is 1. The molecule has 0 bridgehead atoms. The van der Waals surface area contributed by atoms with E-state index in [0.717, 1.165) is 0 Å². The Hall–Kier alpha value is -1.19. The maximum atomic E-state index is 11.5. The largest absolute Gasteiger partial charge is 0.480 e. The molecule has 0 aliphatic carbocycles. The van der Waals surface area contributed by atoms with E-state index in [4.69, 9.17) is 9.84 Å². The van der Waals surface area contributed by atoms with Crippen molar-refractivity contribution in [3.8, 4) is 0 Å². The van der Waals surface area contributed by atoms with Crippen LogP contribution >= 0.6 is 0 Å². The predicted octanol–water partition coefficient (Wildman–Crippen LogP) is -0.688. The van der Waals surface area contributed by atoms with Gasteiger partial charge in [0.2, 0.25) is 15.9 Å². The van der Waals surface area contributed by atoms with E-state index in [2.05, 4.69) is 10.0 Å². The Bertz CT molecular complexity index is 409. The number of rotatable bonds is 11. The Kier molecular flexibility index (Phi) is 9.10. The highest BCUT2D eigenvalue weighted by molar-refractivity contribution is 7.89. The van der Waals surface area contributed by atoms with Gasteiger partial charge in [-0.05, 0) is 12.8 Å². The smallest absolute Gasteiger partial charge is 0.326 e. The minimum atomic E-state index is -3.56. The van der Waals surface area contributed by atoms with Gasteiger partial charge >= 0.3 is 5.97 Å². The maximum Gasteiger partial charge on any atom is 0.326 e. The van der Waals surface area contributed by atoms with Gasteiger partial charge in [0.1, 0.15) is 6.04 Å². The molecule has 0 aliphatic rings. The van der Waals surface area contributed by atoms with Crippen molar-refractivity contribution >= 4 is 21.9 Å². The van der Waals surface area contributed by atoms with Crippen LogP contribution in [0.15, 0.2) is 0 Å². The second-order valence-corrected chi connectivity index (χ2v) is 6.16. The van der Waals surface area contributed by atoms with Crippen LogP contribution in [0.3, 0.4) is 0 Å². The summed E-state index contributed by atoms with van der Waals surface area (Å²) < 4.78 is 29.8. The SMILES string of the molecule is CCCC(NC(=O)CNS(=O)(=O)CCCOC)C(=O)O. The molecule has 0 aliphatic heterocycles. The van der Waals surface area contributed by atoms with Crippen LogP contribution in [0.2, 0.25) is 0 Å². The van der Waals surface area contributed by atoms with Crippen LogP contribution < -0.4 is 10.0 Å². The van der Waals surface area contributed by atoms with Crippen LogP contribution in [-0.4, -0.2) is 57.5 Å². The molecule has 0 spiro atoms. The van der Waals surface area contributed by atoms with E-state index in [1.54, 1.807) is 6.92 Å². The zero-order chi connectivity index (χ0) is 15.6. The molecule has 20 heavy (non-hydrogen) atoms. The Morgan fingerprint density at radius 2 is 2.00 bits per heavy atom. The Balaban J connectivity index is 4.17. The molecule has 1 amide bonds. The average molecular weight is 310 g/mol. The first-order valence-corrected chi connectivity index (χ1v) is 7.96. The van der Waals surface area contributed by atoms with Gasteiger partial charge in [-0.3, -0.25) is 4.79 Å². The molecule has 9 heteroatoms. The van der Waals surface area contributed by atoms with Crippen LogP contribution in [-0.2, 0) is 24.3 Å². The van der Waals surface area contributed by atoms with Gasteiger partial charge in [0.05, 0.1) is 12.3 Å². The minimum absolute atomic E-state index is 0.147. The van der Waals surface area contributed by atoms with E-state index in [-0.39, 0.29) is 5.75 Å². The molecule has 0 saturated heterocycles. The molecule has 1 unspecified atom stereocenters. The predicted molar refractivity (Wildman–Crippen MR) is 72.8 cm³/mol. The van der Waals surface area contributed by atoms with Gasteiger partial charge in [-0.15, -0.1) is 0 Å². The summed E-state index contributed by atoms with van der Waals surface area (Å²) in [6.07, 6.45) is 1.21. The lowest BCUT2D eigenvalue weighted by atomic mass is 10.2. The molecule has 118 valence electrons. The molecule has 0 aromatic heterocycles. The van der Waals surface area contributed by atoms with Crippen LogP contribution in [0.1, 0.15) is 26.2 Å². The number of carbonyl (C=O) groups is 2. The number of hydrogen-bond acceptors (Lipinski definition) is 5. The summed E-state index contributed by atoms with van der Waals surface area (Å²) in [5.74, 6) is -1.95. The summed E-state index contributed by atoms with van der Waals surface area (Å²) >= 11 is 0. The number of ether oxygens (including phenoxy) is 1. The van der Waals surface area contributed by atoms with E-state index in [9.17, 15) is 18.0 Å². The van der Waals surface area contributed by atoms with Crippen molar-refractivity contribution in [3.05, 3.63) is 0 Å². The number of methoxy groups -OCH3 is 1. The Morgan fingerprint density at radius 1 is 1.35 bits per heavy atom. The van der Waals surface area contributed by atoms with Crippen molar-refractivity contribution in [2.45, 2.75) is 32.2 Å². The molecule has 0 saturated carbocycles. The molecule has 0 heterocycles. The highest BCUT2D eigenvalue weighted by Crippen LogP contribution is 1.96. The quantitative estimate of drug-likeness (QED) is 0.434. The van der Waals surface area contributed by atoms with E-state index in [1.165, 1.54) is 7.11 Å². The second-order valence-electron chi connectivity index (χ2n) is 4.23. The number of amides is 1. The van der Waals surface area contributed by atoms with Crippen LogP contribution in [0, 0.1) is 0 Å². The number of nitrogens with one attached hydrogen (secondary N) is 2. The number of aliphatic carboxylic acids is 1. The van der Waals surface area contributed by atoms with Crippen molar-refractivity contribution in [3.63, 3.8) is 0 Å². The summed E-state index contributed by atoms with van der Waals surface area (Å²) in [6, 6.07) is -0.995. The first kappa shape index (κ1) is 18.8. The van der Waals surface area contributed by atoms with Gasteiger partial charge in [-0.1, -0.05) is 13.3 Å². The lowest BCUT2D eigenvalue weighted by Crippen LogP contribution is -2.45. The van der Waals surface area contributed by atoms with Crippen molar-refractivity contribution in [2.75, 3.05) is 26.0 Å². The number of sulfonamides is 1. The first-order valence-electron chi connectivity index (χ1n) is 6.30. The second kappa shape index (κ2) is 9.67. The third-order valence-corrected chi connectivity index (χ3v) is 3.84. The molecule has 3 N–H and O–H groups in total. The fraction of sp³-hybridized carbons (Fsp3) is 0.818. The van der Waals surface area contributed by atoms with Crippen molar-refractivity contribution < 1.29 is 27.9 Å². The van der Waals surface area contributed by atoms with E-state index in [1.807, 2.05) is 0 Å². The molecule has 0 aromatic carbocycles. The van der Waals surface area contributed by atoms with Gasteiger partial charge < -0.3 is 15.2 Å². The number of carbonyl (C=O) groups excluding carboxylic acids is 1. The normalized spacial score (nSPS) is 12.9. The minimum Gasteiger partial charge on any atom is -0.480 e. The first-order chi connectivity index (χ1) is 9.32. The summed E-state index contributed by atoms with van der Waals surface area (Å²) in [6.45, 7) is 1.63. The van der Waals surface area contributed by atoms with Gasteiger partial charge in [-0.2, -0.15) is 0 Å². The third kappa shape index (κ3) is 8.83. The zero-order valence-electron chi connectivity index (χ0n) is 11.7. The fourth-order valence-corrected chi connectivity index (χ4v) is 2.43. The molecule has 1 atom stereocenters. The van der Waals surface area contributed by atoms with Gasteiger partial charge in [-0.25, -0.2) is 17.9 Å². The van der Waals surface area contributed by atoms with Gasteiger partial charge in [0.15, 0.2) is 0 Å². The molecule has 8 nitrogen and oxygen atoms in total. The van der Waals surface area contributed by atoms with Crippen LogP contribution in [0.5, 0.6) is 0 Å². The van der Waals surface area contributed by atoms with Crippen molar-refractivity contribution in [1.82, 2.24) is 10.0 Å². The van der Waals surface area contributed by atoms with Crippen molar-refractivity contribution in [1.29, 1.82) is 0 Å². The highest BCUT2D eigenvalue weighted by atomic mass is 32.2.